The fraction of sp³-hybridized carbons (Fsp3) is 0.556. The molecule has 0 fully saturated rings. The Morgan fingerprint density at radius 3 is 3.15 bits per heavy atom. The van der Waals surface area contributed by atoms with Gasteiger partial charge in [-0.1, -0.05) is 6.42 Å². The highest BCUT2D eigenvalue weighted by molar-refractivity contribution is 5.85. The Hall–Kier alpha value is -2.66. The molecule has 2 aromatic heterocycles. The third-order valence-corrected chi connectivity index (χ3v) is 4.38. The number of aryl methyl sites for hydroxylation is 1. The maximum Gasteiger partial charge on any atom is 0.245 e. The molecule has 1 N–H and O–H groups in total. The monoisotopic (exact) mass is 357 g/mol. The number of nitrogens with one attached hydrogen (secondary N) is 1. The number of nitrogens with zero attached hydrogens (tertiary/aromatic N) is 4. The minimum atomic E-state index is -0.932. The van der Waals surface area contributed by atoms with Crippen molar-refractivity contribution in [2.24, 2.45) is 0 Å². The zero-order chi connectivity index (χ0) is 18.2. The molecule has 138 valence electrons. The number of aromatic nitrogens is 3. The first-order valence-electron chi connectivity index (χ1n) is 8.99. The highest BCUT2D eigenvalue weighted by Gasteiger charge is 2.27. The predicted molar refractivity (Wildman–Crippen MR) is 91.9 cm³/mol. The fourth-order valence-electron chi connectivity index (χ4n) is 3.01. The van der Waals surface area contributed by atoms with Crippen LogP contribution in [0.25, 0.3) is 0 Å². The van der Waals surface area contributed by atoms with E-state index in [1.807, 2.05) is 16.7 Å². The van der Waals surface area contributed by atoms with Crippen LogP contribution in [0.1, 0.15) is 49.0 Å². The molecular formula is C18H23N5O3. The van der Waals surface area contributed by atoms with E-state index in [-0.39, 0.29) is 5.91 Å². The summed E-state index contributed by atoms with van der Waals surface area (Å²) in [7, 11) is 0. The van der Waals surface area contributed by atoms with E-state index in [9.17, 15) is 10.1 Å². The Balaban J connectivity index is 1.45. The molecule has 0 saturated heterocycles. The Labute approximate surface area is 152 Å². The van der Waals surface area contributed by atoms with Crippen LogP contribution in [0.2, 0.25) is 0 Å². The van der Waals surface area contributed by atoms with Crippen molar-refractivity contribution >= 4 is 5.91 Å². The lowest BCUT2D eigenvalue weighted by Gasteiger charge is -2.12. The molecule has 0 aliphatic carbocycles. The number of hydrogen-bond donors (Lipinski definition) is 1. The first-order chi connectivity index (χ1) is 12.8. The summed E-state index contributed by atoms with van der Waals surface area (Å²) in [6.45, 7) is 2.12. The average Bonchev–Trinajstić information content (AvgIpc) is 3.24. The van der Waals surface area contributed by atoms with Crippen molar-refractivity contribution < 1.29 is 13.9 Å². The van der Waals surface area contributed by atoms with E-state index in [0.29, 0.717) is 32.0 Å². The van der Waals surface area contributed by atoms with Gasteiger partial charge in [0.2, 0.25) is 5.91 Å². The quantitative estimate of drug-likeness (QED) is 0.724. The van der Waals surface area contributed by atoms with E-state index in [0.717, 1.165) is 43.8 Å². The third-order valence-electron chi connectivity index (χ3n) is 4.38. The average molecular weight is 357 g/mol. The summed E-state index contributed by atoms with van der Waals surface area (Å²) in [6, 6.07) is 5.73. The largest absolute Gasteiger partial charge is 0.467 e. The summed E-state index contributed by atoms with van der Waals surface area (Å²) >= 11 is 0. The topological polar surface area (TPSA) is 106 Å². The van der Waals surface area contributed by atoms with Gasteiger partial charge in [0.25, 0.3) is 0 Å². The number of fused-ring (bicyclic) bond motifs is 1. The molecule has 0 saturated carbocycles. The molecule has 1 aliphatic rings. The number of nitriles is 1. The SMILES string of the molecule is N#C[C@H](C(=O)NCCCOCc1ccco1)c1nnc2n1CCCCC2. The Kier molecular flexibility index (Phi) is 6.39. The lowest BCUT2D eigenvalue weighted by Crippen LogP contribution is -2.31. The van der Waals surface area contributed by atoms with Crippen LogP contribution in [0.5, 0.6) is 0 Å². The molecule has 1 aliphatic heterocycles. The van der Waals surface area contributed by atoms with Crippen molar-refractivity contribution in [3.05, 3.63) is 35.8 Å². The minimum Gasteiger partial charge on any atom is -0.467 e. The van der Waals surface area contributed by atoms with E-state index in [1.165, 1.54) is 0 Å². The first-order valence-corrected chi connectivity index (χ1v) is 8.99. The van der Waals surface area contributed by atoms with Crippen LogP contribution in [0.3, 0.4) is 0 Å². The molecule has 3 heterocycles. The van der Waals surface area contributed by atoms with Gasteiger partial charge >= 0.3 is 0 Å². The van der Waals surface area contributed by atoms with Gasteiger partial charge in [0, 0.05) is 26.1 Å². The molecule has 26 heavy (non-hydrogen) atoms. The number of amides is 1. The lowest BCUT2D eigenvalue weighted by molar-refractivity contribution is -0.121. The van der Waals surface area contributed by atoms with Crippen LogP contribution in [0.15, 0.2) is 22.8 Å². The lowest BCUT2D eigenvalue weighted by atomic mass is 10.1. The van der Waals surface area contributed by atoms with Crippen LogP contribution < -0.4 is 5.32 Å². The van der Waals surface area contributed by atoms with Crippen molar-refractivity contribution in [3.8, 4) is 6.07 Å². The second kappa shape index (κ2) is 9.15. The van der Waals surface area contributed by atoms with Gasteiger partial charge in [-0.3, -0.25) is 4.79 Å². The van der Waals surface area contributed by atoms with Gasteiger partial charge in [-0.05, 0) is 31.4 Å². The van der Waals surface area contributed by atoms with Gasteiger partial charge < -0.3 is 19.0 Å². The molecule has 8 heteroatoms. The van der Waals surface area contributed by atoms with Crippen LogP contribution >= 0.6 is 0 Å². The van der Waals surface area contributed by atoms with Gasteiger partial charge in [0.1, 0.15) is 18.2 Å². The molecule has 0 bridgehead atoms. The second-order valence-corrected chi connectivity index (χ2v) is 6.28. The van der Waals surface area contributed by atoms with E-state index in [4.69, 9.17) is 9.15 Å². The Bertz CT molecular complexity index is 747. The van der Waals surface area contributed by atoms with Crippen molar-refractivity contribution in [2.75, 3.05) is 13.2 Å². The minimum absolute atomic E-state index is 0.335. The molecule has 8 nitrogen and oxygen atoms in total. The highest BCUT2D eigenvalue weighted by Crippen LogP contribution is 2.20. The van der Waals surface area contributed by atoms with E-state index >= 15 is 0 Å². The van der Waals surface area contributed by atoms with Crippen LogP contribution in [0.4, 0.5) is 0 Å². The number of ether oxygens (including phenoxy) is 1. The summed E-state index contributed by atoms with van der Waals surface area (Å²) in [5.41, 5.74) is 0. The summed E-state index contributed by atoms with van der Waals surface area (Å²) in [5, 5.41) is 20.5. The normalized spacial score (nSPS) is 14.9. The molecule has 1 atom stereocenters. The molecule has 1 amide bonds. The van der Waals surface area contributed by atoms with Crippen molar-refractivity contribution in [3.63, 3.8) is 0 Å². The molecule has 0 unspecified atom stereocenters. The second-order valence-electron chi connectivity index (χ2n) is 6.28. The Morgan fingerprint density at radius 1 is 1.42 bits per heavy atom. The highest BCUT2D eigenvalue weighted by atomic mass is 16.5. The Morgan fingerprint density at radius 2 is 2.35 bits per heavy atom. The van der Waals surface area contributed by atoms with E-state index < -0.39 is 5.92 Å². The smallest absolute Gasteiger partial charge is 0.245 e. The molecular weight excluding hydrogens is 334 g/mol. The summed E-state index contributed by atoms with van der Waals surface area (Å²) in [6.07, 6.45) is 6.32. The van der Waals surface area contributed by atoms with Gasteiger partial charge in [-0.2, -0.15) is 5.26 Å². The summed E-state index contributed by atoms with van der Waals surface area (Å²) < 4.78 is 12.6. The third kappa shape index (κ3) is 4.49. The van der Waals surface area contributed by atoms with Crippen molar-refractivity contribution in [1.29, 1.82) is 5.26 Å². The van der Waals surface area contributed by atoms with Crippen LogP contribution in [-0.4, -0.2) is 33.8 Å². The first kappa shape index (κ1) is 18.1. The summed E-state index contributed by atoms with van der Waals surface area (Å²) in [5.74, 6) is 0.829. The standard InChI is InChI=1S/C18H23N5O3/c19-12-15(17-22-21-16-7-2-1-3-9-23(16)17)18(24)20-8-5-10-25-13-14-6-4-11-26-14/h4,6,11,15H,1-3,5,7-10,13H2,(H,20,24)/t15-/m0/s1. The molecule has 2 aromatic rings. The van der Waals surface area contributed by atoms with Gasteiger partial charge in [0.05, 0.1) is 12.3 Å². The van der Waals surface area contributed by atoms with E-state index in [1.54, 1.807) is 6.26 Å². The van der Waals surface area contributed by atoms with Crippen LogP contribution in [0, 0.1) is 11.3 Å². The van der Waals surface area contributed by atoms with Gasteiger partial charge in [0.15, 0.2) is 11.7 Å². The van der Waals surface area contributed by atoms with Gasteiger partial charge in [-0.25, -0.2) is 0 Å². The number of furan rings is 1. The van der Waals surface area contributed by atoms with E-state index in [2.05, 4.69) is 21.6 Å². The van der Waals surface area contributed by atoms with Crippen molar-refractivity contribution in [2.45, 2.75) is 51.2 Å². The van der Waals surface area contributed by atoms with Crippen LogP contribution in [-0.2, 0) is 29.1 Å². The fourth-order valence-corrected chi connectivity index (χ4v) is 3.01. The summed E-state index contributed by atoms with van der Waals surface area (Å²) in [4.78, 5) is 12.4. The zero-order valence-electron chi connectivity index (χ0n) is 14.7. The maximum atomic E-state index is 12.4. The van der Waals surface area contributed by atoms with Gasteiger partial charge in [-0.15, -0.1) is 10.2 Å². The number of carbonyl (C=O) groups excluding carboxylic acids is 1. The molecule has 0 radical (unpaired) electrons. The predicted octanol–water partition coefficient (Wildman–Crippen LogP) is 1.93. The maximum absolute atomic E-state index is 12.4. The molecule has 0 spiro atoms. The zero-order valence-corrected chi connectivity index (χ0v) is 14.7. The van der Waals surface area contributed by atoms with Crippen molar-refractivity contribution in [1.82, 2.24) is 20.1 Å². The number of hydrogen-bond acceptors (Lipinski definition) is 6. The number of rotatable bonds is 8. The molecule has 0 aromatic carbocycles. The number of carbonyl (C=O) groups is 1. The molecule has 3 rings (SSSR count).